The molecule has 3 rings (SSSR count). The van der Waals surface area contributed by atoms with Crippen LogP contribution in [0.4, 0.5) is 0 Å². The van der Waals surface area contributed by atoms with Crippen LogP contribution >= 0.6 is 0 Å². The lowest BCUT2D eigenvalue weighted by atomic mass is 10.1. The molecule has 6 nitrogen and oxygen atoms in total. The fourth-order valence-corrected chi connectivity index (χ4v) is 2.73. The van der Waals surface area contributed by atoms with Gasteiger partial charge in [0.1, 0.15) is 0 Å². The SMILES string of the molecule is Cc1nn(C)c(C)c1CNC(=O)c1cc(=O)[nH]c2ccccc12. The number of benzene rings is 1. The number of nitrogens with one attached hydrogen (secondary N) is 2. The molecule has 0 saturated carbocycles. The highest BCUT2D eigenvalue weighted by Crippen LogP contribution is 2.15. The van der Waals surface area contributed by atoms with Crippen molar-refractivity contribution in [3.63, 3.8) is 0 Å². The summed E-state index contributed by atoms with van der Waals surface area (Å²) in [6.07, 6.45) is 0. The van der Waals surface area contributed by atoms with E-state index in [9.17, 15) is 9.59 Å². The van der Waals surface area contributed by atoms with Crippen molar-refractivity contribution in [3.8, 4) is 0 Å². The van der Waals surface area contributed by atoms with Crippen LogP contribution in [0.15, 0.2) is 35.1 Å². The minimum atomic E-state index is -0.289. The minimum Gasteiger partial charge on any atom is -0.348 e. The van der Waals surface area contributed by atoms with Crippen molar-refractivity contribution in [1.29, 1.82) is 0 Å². The lowest BCUT2D eigenvalue weighted by Crippen LogP contribution is -2.25. The Morgan fingerprint density at radius 3 is 2.74 bits per heavy atom. The molecule has 0 fully saturated rings. The summed E-state index contributed by atoms with van der Waals surface area (Å²) < 4.78 is 1.79. The standard InChI is InChI=1S/C17H18N4O2/c1-10-14(11(2)21(3)20-10)9-18-17(23)13-8-16(22)19-15-7-5-4-6-12(13)15/h4-8H,9H2,1-3H3,(H,18,23)(H,19,22). The molecule has 0 unspecified atom stereocenters. The summed E-state index contributed by atoms with van der Waals surface area (Å²) >= 11 is 0. The van der Waals surface area contributed by atoms with E-state index in [-0.39, 0.29) is 11.5 Å². The average Bonchev–Trinajstić information content (AvgIpc) is 2.77. The molecule has 2 aromatic heterocycles. The number of H-pyrrole nitrogens is 1. The lowest BCUT2D eigenvalue weighted by Gasteiger charge is -2.08. The second kappa shape index (κ2) is 5.72. The first-order valence-corrected chi connectivity index (χ1v) is 7.36. The number of carbonyl (C=O) groups is 1. The third kappa shape index (κ3) is 2.75. The fraction of sp³-hybridized carbons (Fsp3) is 0.235. The summed E-state index contributed by atoms with van der Waals surface area (Å²) in [5.74, 6) is -0.269. The van der Waals surface area contributed by atoms with E-state index in [0.717, 1.165) is 22.3 Å². The molecule has 2 heterocycles. The van der Waals surface area contributed by atoms with Crippen LogP contribution in [0.25, 0.3) is 10.9 Å². The van der Waals surface area contributed by atoms with E-state index in [1.54, 1.807) is 10.7 Å². The highest BCUT2D eigenvalue weighted by atomic mass is 16.2. The number of hydrogen-bond acceptors (Lipinski definition) is 3. The van der Waals surface area contributed by atoms with Gasteiger partial charge in [-0.15, -0.1) is 0 Å². The van der Waals surface area contributed by atoms with Gasteiger partial charge in [0.25, 0.3) is 5.91 Å². The Hall–Kier alpha value is -2.89. The number of aromatic amines is 1. The zero-order chi connectivity index (χ0) is 16.6. The van der Waals surface area contributed by atoms with E-state index in [2.05, 4.69) is 15.4 Å². The minimum absolute atomic E-state index is 0.269. The number of para-hydroxylation sites is 1. The maximum Gasteiger partial charge on any atom is 0.252 e. The maximum atomic E-state index is 12.5. The highest BCUT2D eigenvalue weighted by molar-refractivity contribution is 6.05. The molecular weight excluding hydrogens is 292 g/mol. The monoisotopic (exact) mass is 310 g/mol. The van der Waals surface area contributed by atoms with E-state index in [1.807, 2.05) is 39.1 Å². The quantitative estimate of drug-likeness (QED) is 0.774. The number of nitrogens with zero attached hydrogens (tertiary/aromatic N) is 2. The third-order valence-corrected chi connectivity index (χ3v) is 4.08. The lowest BCUT2D eigenvalue weighted by molar-refractivity contribution is 0.0952. The first-order chi connectivity index (χ1) is 11.0. The molecule has 23 heavy (non-hydrogen) atoms. The molecule has 0 aliphatic carbocycles. The van der Waals surface area contributed by atoms with E-state index in [0.29, 0.717) is 17.6 Å². The first kappa shape index (κ1) is 15.0. The summed E-state index contributed by atoms with van der Waals surface area (Å²) in [4.78, 5) is 27.0. The molecule has 2 N–H and O–H groups in total. The van der Waals surface area contributed by atoms with Crippen LogP contribution in [0.5, 0.6) is 0 Å². The number of fused-ring (bicyclic) bond motifs is 1. The van der Waals surface area contributed by atoms with Crippen molar-refractivity contribution in [2.75, 3.05) is 0 Å². The van der Waals surface area contributed by atoms with Crippen molar-refractivity contribution in [3.05, 3.63) is 63.2 Å². The van der Waals surface area contributed by atoms with E-state index < -0.39 is 0 Å². The van der Waals surface area contributed by atoms with Gasteiger partial charge in [-0.25, -0.2) is 0 Å². The van der Waals surface area contributed by atoms with Gasteiger partial charge in [-0.1, -0.05) is 18.2 Å². The van der Waals surface area contributed by atoms with Gasteiger partial charge < -0.3 is 10.3 Å². The molecule has 0 atom stereocenters. The Morgan fingerprint density at radius 2 is 2.04 bits per heavy atom. The molecule has 0 aliphatic heterocycles. The van der Waals surface area contributed by atoms with Crippen LogP contribution in [0.1, 0.15) is 27.3 Å². The Balaban J connectivity index is 1.91. The maximum absolute atomic E-state index is 12.5. The number of pyridine rings is 1. The first-order valence-electron chi connectivity index (χ1n) is 7.36. The van der Waals surface area contributed by atoms with Gasteiger partial charge in [-0.3, -0.25) is 14.3 Å². The van der Waals surface area contributed by atoms with Crippen LogP contribution in [0.3, 0.4) is 0 Å². The molecule has 118 valence electrons. The Labute approximate surface area is 133 Å². The summed E-state index contributed by atoms with van der Waals surface area (Å²) in [5, 5.41) is 7.95. The summed E-state index contributed by atoms with van der Waals surface area (Å²) in [7, 11) is 1.87. The second-order valence-corrected chi connectivity index (χ2v) is 5.55. The summed E-state index contributed by atoms with van der Waals surface area (Å²) in [6.45, 7) is 4.26. The van der Waals surface area contributed by atoms with E-state index in [1.165, 1.54) is 6.07 Å². The summed E-state index contributed by atoms with van der Waals surface area (Å²) in [6, 6.07) is 8.60. The highest BCUT2D eigenvalue weighted by Gasteiger charge is 2.14. The Kier molecular flexibility index (Phi) is 3.73. The third-order valence-electron chi connectivity index (χ3n) is 4.08. The molecular formula is C17H18N4O2. The fourth-order valence-electron chi connectivity index (χ4n) is 2.73. The van der Waals surface area contributed by atoms with Crippen molar-refractivity contribution in [2.24, 2.45) is 7.05 Å². The van der Waals surface area contributed by atoms with Gasteiger partial charge in [0.05, 0.1) is 11.3 Å². The normalized spacial score (nSPS) is 10.9. The summed E-state index contributed by atoms with van der Waals surface area (Å²) in [5.41, 5.74) is 3.64. The zero-order valence-corrected chi connectivity index (χ0v) is 13.3. The van der Waals surface area contributed by atoms with Crippen LogP contribution < -0.4 is 10.9 Å². The predicted molar refractivity (Wildman–Crippen MR) is 88.4 cm³/mol. The van der Waals surface area contributed by atoms with Gasteiger partial charge in [0.15, 0.2) is 0 Å². The number of hydrogen-bond donors (Lipinski definition) is 2. The number of aryl methyl sites for hydroxylation is 2. The Bertz CT molecular complexity index is 953. The zero-order valence-electron chi connectivity index (χ0n) is 13.3. The van der Waals surface area contributed by atoms with E-state index in [4.69, 9.17) is 0 Å². The predicted octanol–water partition coefficient (Wildman–Crippen LogP) is 1.81. The number of rotatable bonds is 3. The van der Waals surface area contributed by atoms with E-state index >= 15 is 0 Å². The molecule has 0 bridgehead atoms. The van der Waals surface area contributed by atoms with Crippen molar-refractivity contribution in [1.82, 2.24) is 20.1 Å². The molecule has 0 aliphatic rings. The molecule has 0 saturated heterocycles. The molecule has 3 aromatic rings. The average molecular weight is 310 g/mol. The van der Waals surface area contributed by atoms with Crippen LogP contribution in [-0.4, -0.2) is 20.7 Å². The van der Waals surface area contributed by atoms with Crippen LogP contribution in [0.2, 0.25) is 0 Å². The van der Waals surface area contributed by atoms with Gasteiger partial charge >= 0.3 is 0 Å². The number of carbonyl (C=O) groups excluding carboxylic acids is 1. The van der Waals surface area contributed by atoms with Gasteiger partial charge in [-0.2, -0.15) is 5.10 Å². The number of aromatic nitrogens is 3. The molecule has 6 heteroatoms. The largest absolute Gasteiger partial charge is 0.348 e. The molecule has 0 radical (unpaired) electrons. The Morgan fingerprint density at radius 1 is 1.30 bits per heavy atom. The molecule has 1 amide bonds. The molecule has 1 aromatic carbocycles. The second-order valence-electron chi connectivity index (χ2n) is 5.55. The van der Waals surface area contributed by atoms with Crippen molar-refractivity contribution < 1.29 is 4.79 Å². The van der Waals surface area contributed by atoms with Crippen LogP contribution in [0, 0.1) is 13.8 Å². The van der Waals surface area contributed by atoms with Gasteiger partial charge in [0, 0.05) is 41.8 Å². The molecule has 0 spiro atoms. The van der Waals surface area contributed by atoms with Gasteiger partial charge in [-0.05, 0) is 19.9 Å². The topological polar surface area (TPSA) is 79.8 Å². The van der Waals surface area contributed by atoms with Crippen LogP contribution in [-0.2, 0) is 13.6 Å². The van der Waals surface area contributed by atoms with Crippen molar-refractivity contribution >= 4 is 16.8 Å². The van der Waals surface area contributed by atoms with Gasteiger partial charge in [0.2, 0.25) is 5.56 Å². The number of amides is 1. The smallest absolute Gasteiger partial charge is 0.252 e. The van der Waals surface area contributed by atoms with Crippen molar-refractivity contribution in [2.45, 2.75) is 20.4 Å².